The first-order chi connectivity index (χ1) is 14.7. The third kappa shape index (κ3) is 2.79. The molecule has 12 atom stereocenters. The number of carbonyl (C=O) groups excluding carboxylic acids is 1. The van der Waals surface area contributed by atoms with E-state index >= 15 is 0 Å². The summed E-state index contributed by atoms with van der Waals surface area (Å²) in [7, 11) is 0. The predicted octanol–water partition coefficient (Wildman–Crippen LogP) is 5.03. The molecular formula is C27H41NO3. The van der Waals surface area contributed by atoms with Crippen molar-refractivity contribution in [3.8, 4) is 0 Å². The molecule has 0 spiro atoms. The Morgan fingerprint density at radius 1 is 1.06 bits per heavy atom. The lowest BCUT2D eigenvalue weighted by atomic mass is 9.44. The van der Waals surface area contributed by atoms with Crippen LogP contribution in [0.1, 0.15) is 85.5 Å². The topological polar surface area (TPSA) is 58.9 Å². The summed E-state index contributed by atoms with van der Waals surface area (Å²) in [6.07, 6.45) is 9.77. The first-order valence-corrected chi connectivity index (χ1v) is 13.2. The summed E-state index contributed by atoms with van der Waals surface area (Å²) in [4.78, 5) is 18.4. The van der Waals surface area contributed by atoms with Crippen molar-refractivity contribution in [1.82, 2.24) is 0 Å². The van der Waals surface area contributed by atoms with Crippen molar-refractivity contribution in [3.63, 3.8) is 0 Å². The average Bonchev–Trinajstić information content (AvgIpc) is 3.40. The predicted molar refractivity (Wildman–Crippen MR) is 121 cm³/mol. The number of rotatable bonds is 2. The minimum atomic E-state index is -0.267. The van der Waals surface area contributed by atoms with Crippen molar-refractivity contribution in [3.05, 3.63) is 0 Å². The van der Waals surface area contributed by atoms with Crippen LogP contribution in [0.25, 0.3) is 0 Å². The molecule has 5 fully saturated rings. The van der Waals surface area contributed by atoms with Gasteiger partial charge in [-0.3, -0.25) is 9.79 Å². The van der Waals surface area contributed by atoms with Crippen LogP contribution < -0.4 is 0 Å². The summed E-state index contributed by atoms with van der Waals surface area (Å²) in [5.74, 6) is 4.19. The van der Waals surface area contributed by atoms with E-state index in [9.17, 15) is 9.90 Å². The molecule has 2 heterocycles. The molecule has 2 aliphatic heterocycles. The van der Waals surface area contributed by atoms with Gasteiger partial charge >= 0.3 is 0 Å². The van der Waals surface area contributed by atoms with Gasteiger partial charge < -0.3 is 9.84 Å². The lowest BCUT2D eigenvalue weighted by Crippen LogP contribution is -2.57. The molecule has 4 aliphatic carbocycles. The van der Waals surface area contributed by atoms with Crippen LogP contribution in [0.5, 0.6) is 0 Å². The maximum atomic E-state index is 13.3. The number of aliphatic hydroxyl groups excluding tert-OH is 1. The summed E-state index contributed by atoms with van der Waals surface area (Å²) in [5.41, 5.74) is 1.79. The van der Waals surface area contributed by atoms with Crippen LogP contribution in [0.3, 0.4) is 0 Å². The maximum Gasteiger partial charge on any atom is 0.151 e. The second-order valence-corrected chi connectivity index (χ2v) is 12.8. The normalized spacial score (nSPS) is 56.6. The molecule has 2 bridgehead atoms. The van der Waals surface area contributed by atoms with Gasteiger partial charge in [0, 0.05) is 29.9 Å². The van der Waals surface area contributed by atoms with Crippen LogP contribution in [-0.4, -0.2) is 35.0 Å². The highest BCUT2D eigenvalue weighted by Crippen LogP contribution is 2.68. The highest BCUT2D eigenvalue weighted by atomic mass is 16.5. The van der Waals surface area contributed by atoms with Gasteiger partial charge in [-0.05, 0) is 85.9 Å². The molecular weight excluding hydrogens is 386 g/mol. The van der Waals surface area contributed by atoms with E-state index in [0.717, 1.165) is 25.7 Å². The highest BCUT2D eigenvalue weighted by molar-refractivity contribution is 5.93. The molecule has 6 rings (SSSR count). The molecule has 31 heavy (non-hydrogen) atoms. The van der Waals surface area contributed by atoms with Gasteiger partial charge in [0.05, 0.1) is 12.2 Å². The molecule has 0 radical (unpaired) electrons. The van der Waals surface area contributed by atoms with Gasteiger partial charge in [-0.15, -0.1) is 0 Å². The zero-order chi connectivity index (χ0) is 21.7. The van der Waals surface area contributed by atoms with Crippen molar-refractivity contribution in [1.29, 1.82) is 0 Å². The van der Waals surface area contributed by atoms with Gasteiger partial charge in [-0.25, -0.2) is 0 Å². The standard InChI is InChI=1S/C27H41NO3/c1-14-11-23-24(28-25(14)31-23)15(2)18-5-6-19-17-13-22(30)21-12-16(29)7-9-27(21,4)20(17)8-10-26(18,19)3/h14-21,23,25,29H,5-13H2,1-4H3/t14-,15+,16-,17-,18+,19-,20-,21+,23+,25-,26+,27+/m0/s1. The molecule has 4 nitrogen and oxygen atoms in total. The van der Waals surface area contributed by atoms with Crippen LogP contribution in [0.2, 0.25) is 0 Å². The number of fused-ring (bicyclic) bond motifs is 7. The fourth-order valence-corrected chi connectivity index (χ4v) is 9.89. The Balaban J connectivity index is 1.26. The molecule has 0 aromatic heterocycles. The molecule has 4 saturated carbocycles. The molecule has 0 aromatic rings. The van der Waals surface area contributed by atoms with E-state index < -0.39 is 0 Å². The van der Waals surface area contributed by atoms with E-state index in [1.807, 2.05) is 0 Å². The number of ether oxygens (including phenoxy) is 1. The number of ketones is 1. The van der Waals surface area contributed by atoms with Crippen LogP contribution in [-0.2, 0) is 9.53 Å². The molecule has 0 amide bonds. The fraction of sp³-hybridized carbons (Fsp3) is 0.926. The van der Waals surface area contributed by atoms with Gasteiger partial charge in [0.15, 0.2) is 6.23 Å². The van der Waals surface area contributed by atoms with E-state index in [1.54, 1.807) is 0 Å². The van der Waals surface area contributed by atoms with Crippen molar-refractivity contribution < 1.29 is 14.6 Å². The SMILES string of the molecule is C[C@H]1C[C@H]2O[C@@H]1N=C2[C@H](C)[C@H]1CC[C@H]2[C@@H]3CC(=O)[C@H]4C[C@@H](O)CC[C@]4(C)[C@H]3CC[C@]12C. The minimum absolute atomic E-state index is 0.0977. The Morgan fingerprint density at radius 3 is 2.52 bits per heavy atom. The van der Waals surface area contributed by atoms with Crippen molar-refractivity contribution in [2.24, 2.45) is 57.2 Å². The van der Waals surface area contributed by atoms with Crippen LogP contribution in [0, 0.1) is 52.3 Å². The maximum absolute atomic E-state index is 13.3. The Morgan fingerprint density at radius 2 is 1.81 bits per heavy atom. The second-order valence-electron chi connectivity index (χ2n) is 12.8. The number of carbonyl (C=O) groups is 1. The summed E-state index contributed by atoms with van der Waals surface area (Å²) < 4.78 is 6.16. The number of aliphatic hydroxyl groups is 1. The first kappa shape index (κ1) is 20.8. The average molecular weight is 428 g/mol. The molecule has 1 N–H and O–H groups in total. The van der Waals surface area contributed by atoms with Gasteiger partial charge in [-0.1, -0.05) is 27.7 Å². The fourth-order valence-electron chi connectivity index (χ4n) is 9.89. The van der Waals surface area contributed by atoms with E-state index in [0.29, 0.717) is 53.1 Å². The largest absolute Gasteiger partial charge is 0.393 e. The molecule has 1 saturated heterocycles. The lowest BCUT2D eigenvalue weighted by molar-refractivity contribution is -0.159. The van der Waals surface area contributed by atoms with E-state index in [4.69, 9.17) is 9.73 Å². The number of hydrogen-bond donors (Lipinski definition) is 1. The quantitative estimate of drug-likeness (QED) is 0.673. The minimum Gasteiger partial charge on any atom is -0.393 e. The summed E-state index contributed by atoms with van der Waals surface area (Å²) >= 11 is 0. The van der Waals surface area contributed by atoms with Crippen molar-refractivity contribution >= 4 is 11.5 Å². The van der Waals surface area contributed by atoms with Gasteiger partial charge in [0.25, 0.3) is 0 Å². The molecule has 6 aliphatic rings. The molecule has 172 valence electrons. The van der Waals surface area contributed by atoms with E-state index in [-0.39, 0.29) is 29.8 Å². The number of Topliss-reactive ketones (excluding diaryl/α,β-unsaturated/α-hetero) is 1. The molecule has 0 unspecified atom stereocenters. The number of hydrogen-bond acceptors (Lipinski definition) is 4. The first-order valence-electron chi connectivity index (χ1n) is 13.2. The third-order valence-electron chi connectivity index (χ3n) is 11.6. The smallest absolute Gasteiger partial charge is 0.151 e. The molecule has 4 heteroatoms. The van der Waals surface area contributed by atoms with E-state index in [1.165, 1.54) is 31.4 Å². The summed E-state index contributed by atoms with van der Waals surface area (Å²) in [6, 6.07) is 0. The van der Waals surface area contributed by atoms with Crippen LogP contribution in [0.15, 0.2) is 4.99 Å². The van der Waals surface area contributed by atoms with Crippen molar-refractivity contribution in [2.45, 2.75) is 104 Å². The summed E-state index contributed by atoms with van der Waals surface area (Å²) in [5, 5.41) is 10.3. The Kier molecular flexibility index (Phi) is 4.63. The van der Waals surface area contributed by atoms with E-state index in [2.05, 4.69) is 27.7 Å². The third-order valence-corrected chi connectivity index (χ3v) is 11.6. The summed E-state index contributed by atoms with van der Waals surface area (Å²) in [6.45, 7) is 9.65. The Labute approximate surface area is 187 Å². The number of nitrogens with zero attached hydrogens (tertiary/aromatic N) is 1. The van der Waals surface area contributed by atoms with Gasteiger partial charge in [0.1, 0.15) is 5.78 Å². The number of aliphatic imine (C=N–C) groups is 1. The van der Waals surface area contributed by atoms with Crippen LogP contribution in [0.4, 0.5) is 0 Å². The zero-order valence-electron chi connectivity index (χ0n) is 19.8. The Hall–Kier alpha value is -0.740. The second kappa shape index (κ2) is 6.88. The molecule has 0 aromatic carbocycles. The lowest BCUT2D eigenvalue weighted by Gasteiger charge is -2.60. The van der Waals surface area contributed by atoms with Gasteiger partial charge in [-0.2, -0.15) is 0 Å². The van der Waals surface area contributed by atoms with Crippen LogP contribution >= 0.6 is 0 Å². The highest BCUT2D eigenvalue weighted by Gasteiger charge is 2.63. The Bertz CT molecular complexity index is 808. The van der Waals surface area contributed by atoms with Gasteiger partial charge in [0.2, 0.25) is 0 Å². The monoisotopic (exact) mass is 427 g/mol. The van der Waals surface area contributed by atoms with Crippen molar-refractivity contribution in [2.75, 3.05) is 0 Å². The zero-order valence-corrected chi connectivity index (χ0v) is 19.8.